The Morgan fingerprint density at radius 1 is 1.30 bits per heavy atom. The number of amides is 1. The average molecular weight is 428 g/mol. The van der Waals surface area contributed by atoms with Gasteiger partial charge in [-0.25, -0.2) is 4.98 Å². The van der Waals surface area contributed by atoms with Crippen molar-refractivity contribution >= 4 is 27.5 Å². The second-order valence-corrected chi connectivity index (χ2v) is 9.82. The molecule has 0 bridgehead atoms. The van der Waals surface area contributed by atoms with Gasteiger partial charge in [0.25, 0.3) is 5.56 Å². The summed E-state index contributed by atoms with van der Waals surface area (Å²) >= 11 is 1.51. The Bertz CT molecular complexity index is 1120. The molecule has 0 saturated carbocycles. The molecule has 2 heterocycles. The van der Waals surface area contributed by atoms with Crippen LogP contribution in [0.3, 0.4) is 0 Å². The minimum absolute atomic E-state index is 0.0842. The zero-order chi connectivity index (χ0) is 22.1. The van der Waals surface area contributed by atoms with Gasteiger partial charge in [-0.15, -0.1) is 11.3 Å². The fraction of sp³-hybridized carbons (Fsp3) is 0.435. The molecule has 0 aliphatic carbocycles. The minimum Gasteiger partial charge on any atom is -0.497 e. The second kappa shape index (κ2) is 8.60. The van der Waals surface area contributed by atoms with E-state index in [1.807, 2.05) is 38.1 Å². The highest BCUT2D eigenvalue weighted by Gasteiger charge is 2.28. The van der Waals surface area contributed by atoms with Gasteiger partial charge in [-0.05, 0) is 42.5 Å². The molecule has 3 aromatic rings. The fourth-order valence-electron chi connectivity index (χ4n) is 3.50. The minimum atomic E-state index is -0.181. The molecule has 30 heavy (non-hydrogen) atoms. The predicted molar refractivity (Wildman–Crippen MR) is 121 cm³/mol. The van der Waals surface area contributed by atoms with Crippen molar-refractivity contribution in [3.8, 4) is 5.75 Å². The number of carbonyl (C=O) groups is 1. The van der Waals surface area contributed by atoms with E-state index in [1.54, 1.807) is 7.11 Å². The van der Waals surface area contributed by atoms with Crippen LogP contribution in [-0.2, 0) is 11.2 Å². The molecule has 1 aromatic carbocycles. The molecular formula is C23H29N3O3S. The van der Waals surface area contributed by atoms with E-state index in [0.717, 1.165) is 26.6 Å². The number of hydrogen-bond donors (Lipinski definition) is 2. The number of ether oxygens (including phenoxy) is 1. The molecule has 0 spiro atoms. The number of benzene rings is 1. The maximum absolute atomic E-state index is 12.7. The van der Waals surface area contributed by atoms with Crippen LogP contribution in [0.15, 0.2) is 29.1 Å². The fourth-order valence-corrected chi connectivity index (χ4v) is 4.55. The van der Waals surface area contributed by atoms with Crippen LogP contribution in [0, 0.1) is 19.3 Å². The summed E-state index contributed by atoms with van der Waals surface area (Å²) in [7, 11) is 1.63. The number of nitrogens with one attached hydrogen (secondary N) is 2. The summed E-state index contributed by atoms with van der Waals surface area (Å²) in [6.07, 6.45) is 0.621. The first kappa shape index (κ1) is 22.0. The Hall–Kier alpha value is -2.67. The van der Waals surface area contributed by atoms with E-state index in [0.29, 0.717) is 17.6 Å². The lowest BCUT2D eigenvalue weighted by molar-refractivity contribution is -0.122. The van der Waals surface area contributed by atoms with Gasteiger partial charge >= 0.3 is 0 Å². The zero-order valence-electron chi connectivity index (χ0n) is 18.4. The number of aromatic amines is 1. The first-order valence-electron chi connectivity index (χ1n) is 10.0. The summed E-state index contributed by atoms with van der Waals surface area (Å²) in [4.78, 5) is 34.4. The summed E-state index contributed by atoms with van der Waals surface area (Å²) in [5, 5.41) is 3.80. The topological polar surface area (TPSA) is 84.1 Å². The number of methoxy groups -OCH3 is 1. The van der Waals surface area contributed by atoms with Crippen LogP contribution in [0.2, 0.25) is 0 Å². The quantitative estimate of drug-likeness (QED) is 0.609. The zero-order valence-corrected chi connectivity index (χ0v) is 19.2. The van der Waals surface area contributed by atoms with Gasteiger partial charge in [0.15, 0.2) is 0 Å². The number of rotatable bonds is 6. The van der Waals surface area contributed by atoms with E-state index in [1.165, 1.54) is 11.3 Å². The normalized spacial score (nSPS) is 12.7. The third-order valence-corrected chi connectivity index (χ3v) is 6.38. The van der Waals surface area contributed by atoms with Crippen molar-refractivity contribution in [3.05, 3.63) is 56.4 Å². The molecular weight excluding hydrogens is 398 g/mol. The Kier molecular flexibility index (Phi) is 6.31. The van der Waals surface area contributed by atoms with E-state index in [2.05, 4.69) is 36.1 Å². The number of fused-ring (bicyclic) bond motifs is 1. The van der Waals surface area contributed by atoms with Crippen LogP contribution in [0.25, 0.3) is 10.2 Å². The molecule has 0 saturated heterocycles. The smallest absolute Gasteiger partial charge is 0.259 e. The van der Waals surface area contributed by atoms with Gasteiger partial charge in [-0.3, -0.25) is 9.59 Å². The van der Waals surface area contributed by atoms with Gasteiger partial charge in [0, 0.05) is 17.7 Å². The van der Waals surface area contributed by atoms with Crippen molar-refractivity contribution in [1.82, 2.24) is 15.3 Å². The molecule has 6 nitrogen and oxygen atoms in total. The van der Waals surface area contributed by atoms with Gasteiger partial charge in [-0.2, -0.15) is 0 Å². The lowest BCUT2D eigenvalue weighted by Crippen LogP contribution is -2.36. The first-order chi connectivity index (χ1) is 14.1. The Morgan fingerprint density at radius 2 is 2.03 bits per heavy atom. The van der Waals surface area contributed by atoms with Crippen molar-refractivity contribution in [2.45, 2.75) is 53.5 Å². The molecule has 0 radical (unpaired) electrons. The molecule has 0 aliphatic heterocycles. The molecule has 0 aliphatic rings. The summed E-state index contributed by atoms with van der Waals surface area (Å²) in [6, 6.07) is 7.58. The van der Waals surface area contributed by atoms with E-state index >= 15 is 0 Å². The molecule has 160 valence electrons. The highest BCUT2D eigenvalue weighted by molar-refractivity contribution is 7.18. The maximum atomic E-state index is 12.7. The van der Waals surface area contributed by atoms with E-state index < -0.39 is 0 Å². The Morgan fingerprint density at radius 3 is 2.70 bits per heavy atom. The molecule has 0 unspecified atom stereocenters. The maximum Gasteiger partial charge on any atom is 0.259 e. The predicted octanol–water partition coefficient (Wildman–Crippen LogP) is 4.45. The lowest BCUT2D eigenvalue weighted by Gasteiger charge is -2.32. The molecule has 0 fully saturated rings. The lowest BCUT2D eigenvalue weighted by atomic mass is 9.82. The van der Waals surface area contributed by atoms with Crippen LogP contribution in [-0.4, -0.2) is 23.0 Å². The average Bonchev–Trinajstić information content (AvgIpc) is 2.97. The molecule has 1 atom stereocenters. The van der Waals surface area contributed by atoms with Crippen LogP contribution in [0.1, 0.15) is 55.1 Å². The van der Waals surface area contributed by atoms with Gasteiger partial charge in [0.2, 0.25) is 5.91 Å². The Balaban J connectivity index is 1.75. The Labute approximate surface area is 180 Å². The van der Waals surface area contributed by atoms with Crippen molar-refractivity contribution < 1.29 is 9.53 Å². The number of aromatic nitrogens is 2. The van der Waals surface area contributed by atoms with Crippen LogP contribution >= 0.6 is 11.3 Å². The van der Waals surface area contributed by atoms with Crippen molar-refractivity contribution in [3.63, 3.8) is 0 Å². The molecule has 3 rings (SSSR count). The van der Waals surface area contributed by atoms with Gasteiger partial charge in [0.05, 0.1) is 18.5 Å². The molecule has 2 N–H and O–H groups in total. The summed E-state index contributed by atoms with van der Waals surface area (Å²) in [5.41, 5.74) is 1.65. The number of thiophene rings is 1. The second-order valence-electron chi connectivity index (χ2n) is 8.62. The third kappa shape index (κ3) is 4.73. The highest BCUT2D eigenvalue weighted by atomic mass is 32.1. The highest BCUT2D eigenvalue weighted by Crippen LogP contribution is 2.34. The number of carbonyl (C=O) groups excluding carboxylic acids is 1. The van der Waals surface area contributed by atoms with Crippen LogP contribution < -0.4 is 15.6 Å². The van der Waals surface area contributed by atoms with Crippen LogP contribution in [0.5, 0.6) is 5.75 Å². The van der Waals surface area contributed by atoms with Crippen molar-refractivity contribution in [2.75, 3.05) is 7.11 Å². The van der Waals surface area contributed by atoms with Gasteiger partial charge in [-0.1, -0.05) is 32.9 Å². The number of H-pyrrole nitrogens is 1. The van der Waals surface area contributed by atoms with E-state index in [4.69, 9.17) is 4.74 Å². The molecule has 2 aromatic heterocycles. The van der Waals surface area contributed by atoms with Crippen molar-refractivity contribution in [1.29, 1.82) is 0 Å². The van der Waals surface area contributed by atoms with Gasteiger partial charge in [0.1, 0.15) is 16.4 Å². The van der Waals surface area contributed by atoms with E-state index in [-0.39, 0.29) is 29.3 Å². The summed E-state index contributed by atoms with van der Waals surface area (Å²) in [5.74, 6) is 1.21. The largest absolute Gasteiger partial charge is 0.497 e. The molecule has 1 amide bonds. The third-order valence-electron chi connectivity index (χ3n) is 5.28. The number of hydrogen-bond acceptors (Lipinski definition) is 5. The standard InChI is InChI=1S/C23H29N3O3S/c1-13-14(2)30-22-19(13)21(28)24-17(25-22)10-11-18(27)26-20(23(3,4)5)15-8-7-9-16(12-15)29-6/h7-9,12,20H,10-11H2,1-6H3,(H,26,27)(H,24,25,28)/t20-/m0/s1. The SMILES string of the molecule is COc1cccc([C@H](NC(=O)CCc2nc3sc(C)c(C)c3c(=O)[nH]2)C(C)(C)C)c1. The number of nitrogens with zero attached hydrogens (tertiary/aromatic N) is 1. The monoisotopic (exact) mass is 427 g/mol. The van der Waals surface area contributed by atoms with E-state index in [9.17, 15) is 9.59 Å². The summed E-state index contributed by atoms with van der Waals surface area (Å²) in [6.45, 7) is 10.2. The van der Waals surface area contributed by atoms with Gasteiger partial charge < -0.3 is 15.0 Å². The number of aryl methyl sites for hydroxylation is 3. The first-order valence-corrected chi connectivity index (χ1v) is 10.8. The summed E-state index contributed by atoms with van der Waals surface area (Å²) < 4.78 is 5.33. The van der Waals surface area contributed by atoms with Crippen molar-refractivity contribution in [2.24, 2.45) is 5.41 Å². The van der Waals surface area contributed by atoms with Crippen LogP contribution in [0.4, 0.5) is 0 Å². The molecule has 7 heteroatoms.